The first-order chi connectivity index (χ1) is 10.0. The first-order valence-corrected chi connectivity index (χ1v) is 7.22. The molecule has 0 spiro atoms. The van der Waals surface area contributed by atoms with E-state index in [9.17, 15) is 10.1 Å². The van der Waals surface area contributed by atoms with E-state index < -0.39 is 0 Å². The number of hydrogen-bond donors (Lipinski definition) is 1. The van der Waals surface area contributed by atoms with Crippen molar-refractivity contribution in [3.05, 3.63) is 62.6 Å². The Bertz CT molecular complexity index is 659. The summed E-state index contributed by atoms with van der Waals surface area (Å²) in [5, 5.41) is 14.3. The number of nitro benzene ring substituents is 1. The number of anilines is 2. The van der Waals surface area contributed by atoms with Gasteiger partial charge in [0.25, 0.3) is 5.69 Å². The van der Waals surface area contributed by atoms with Crippen LogP contribution in [-0.2, 0) is 6.54 Å². The van der Waals surface area contributed by atoms with Crippen molar-refractivity contribution in [2.75, 3.05) is 24.3 Å². The Morgan fingerprint density at radius 1 is 1.19 bits per heavy atom. The standard InChI is InChI=1S/C15H16BrN3O2/c1-18(2)13-8-4-3-7-12(13)17-10-11-6-5-9-14(15(11)16)19(20)21/h3-9,17H,10H2,1-2H3. The van der Waals surface area contributed by atoms with E-state index in [1.54, 1.807) is 6.07 Å². The van der Waals surface area contributed by atoms with Crippen LogP contribution in [-0.4, -0.2) is 19.0 Å². The molecule has 0 aliphatic heterocycles. The molecule has 0 bridgehead atoms. The molecule has 0 saturated heterocycles. The minimum absolute atomic E-state index is 0.0789. The van der Waals surface area contributed by atoms with Gasteiger partial charge in [0, 0.05) is 26.7 Å². The zero-order valence-corrected chi connectivity index (χ0v) is 13.4. The van der Waals surface area contributed by atoms with Gasteiger partial charge in [-0.25, -0.2) is 0 Å². The Labute approximate surface area is 131 Å². The normalized spacial score (nSPS) is 10.2. The van der Waals surface area contributed by atoms with Crippen LogP contribution in [0.3, 0.4) is 0 Å². The SMILES string of the molecule is CN(C)c1ccccc1NCc1cccc([N+](=O)[O-])c1Br. The summed E-state index contributed by atoms with van der Waals surface area (Å²) in [5.41, 5.74) is 2.98. The van der Waals surface area contributed by atoms with E-state index in [0.717, 1.165) is 16.9 Å². The molecular weight excluding hydrogens is 334 g/mol. The summed E-state index contributed by atoms with van der Waals surface area (Å²) in [6, 6.07) is 13.0. The third-order valence-corrected chi connectivity index (χ3v) is 4.03. The molecule has 2 aromatic carbocycles. The smallest absolute Gasteiger partial charge is 0.283 e. The molecule has 0 amide bonds. The minimum atomic E-state index is -0.388. The van der Waals surface area contributed by atoms with Gasteiger partial charge in [-0.05, 0) is 33.6 Å². The molecule has 0 aromatic heterocycles. The third-order valence-electron chi connectivity index (χ3n) is 3.11. The van der Waals surface area contributed by atoms with Gasteiger partial charge in [0.1, 0.15) is 4.47 Å². The average molecular weight is 350 g/mol. The van der Waals surface area contributed by atoms with Gasteiger partial charge in [0.15, 0.2) is 0 Å². The van der Waals surface area contributed by atoms with Crippen LogP contribution in [0, 0.1) is 10.1 Å². The predicted octanol–water partition coefficient (Wildman–Crippen LogP) is 4.04. The molecule has 0 unspecified atom stereocenters. The number of benzene rings is 2. The monoisotopic (exact) mass is 349 g/mol. The average Bonchev–Trinajstić information content (AvgIpc) is 2.46. The van der Waals surface area contributed by atoms with Gasteiger partial charge in [-0.3, -0.25) is 10.1 Å². The van der Waals surface area contributed by atoms with Crippen molar-refractivity contribution in [1.29, 1.82) is 0 Å². The third kappa shape index (κ3) is 3.52. The maximum atomic E-state index is 10.9. The Morgan fingerprint density at radius 2 is 1.90 bits per heavy atom. The number of nitro groups is 1. The quantitative estimate of drug-likeness (QED) is 0.653. The fourth-order valence-corrected chi connectivity index (χ4v) is 2.60. The van der Waals surface area contributed by atoms with Crippen LogP contribution in [0.25, 0.3) is 0 Å². The van der Waals surface area contributed by atoms with Crippen LogP contribution in [0.5, 0.6) is 0 Å². The molecule has 110 valence electrons. The van der Waals surface area contributed by atoms with E-state index >= 15 is 0 Å². The Morgan fingerprint density at radius 3 is 2.57 bits per heavy atom. The summed E-state index contributed by atoms with van der Waals surface area (Å²) in [4.78, 5) is 12.6. The van der Waals surface area contributed by atoms with Crippen LogP contribution in [0.4, 0.5) is 17.1 Å². The van der Waals surface area contributed by atoms with Crippen LogP contribution < -0.4 is 10.2 Å². The van der Waals surface area contributed by atoms with Crippen molar-refractivity contribution in [2.45, 2.75) is 6.54 Å². The lowest BCUT2D eigenvalue weighted by Crippen LogP contribution is -2.12. The van der Waals surface area contributed by atoms with E-state index in [1.807, 2.05) is 49.3 Å². The van der Waals surface area contributed by atoms with Gasteiger partial charge in [-0.2, -0.15) is 0 Å². The lowest BCUT2D eigenvalue weighted by Gasteiger charge is -2.18. The van der Waals surface area contributed by atoms with E-state index in [4.69, 9.17) is 0 Å². The molecular formula is C15H16BrN3O2. The lowest BCUT2D eigenvalue weighted by atomic mass is 10.2. The van der Waals surface area contributed by atoms with Gasteiger partial charge in [-0.1, -0.05) is 24.3 Å². The zero-order chi connectivity index (χ0) is 15.4. The number of hydrogen-bond acceptors (Lipinski definition) is 4. The highest BCUT2D eigenvalue weighted by Gasteiger charge is 2.14. The largest absolute Gasteiger partial charge is 0.379 e. The van der Waals surface area contributed by atoms with Crippen LogP contribution in [0.1, 0.15) is 5.56 Å². The van der Waals surface area contributed by atoms with Gasteiger partial charge in [0.05, 0.1) is 16.3 Å². The summed E-state index contributed by atoms with van der Waals surface area (Å²) in [7, 11) is 3.95. The fraction of sp³-hybridized carbons (Fsp3) is 0.200. The molecule has 0 aliphatic rings. The maximum Gasteiger partial charge on any atom is 0.283 e. The van der Waals surface area contributed by atoms with Crippen molar-refractivity contribution < 1.29 is 4.92 Å². The molecule has 2 rings (SSSR count). The number of para-hydroxylation sites is 2. The van der Waals surface area contributed by atoms with Crippen molar-refractivity contribution >= 4 is 33.0 Å². The molecule has 6 heteroatoms. The first kappa shape index (κ1) is 15.3. The van der Waals surface area contributed by atoms with Crippen LogP contribution >= 0.6 is 15.9 Å². The van der Waals surface area contributed by atoms with Crippen LogP contribution in [0.2, 0.25) is 0 Å². The van der Waals surface area contributed by atoms with Gasteiger partial charge < -0.3 is 10.2 Å². The van der Waals surface area contributed by atoms with Crippen molar-refractivity contribution in [3.63, 3.8) is 0 Å². The summed E-state index contributed by atoms with van der Waals surface area (Å²) in [6.07, 6.45) is 0. The highest BCUT2D eigenvalue weighted by molar-refractivity contribution is 9.10. The Balaban J connectivity index is 2.21. The highest BCUT2D eigenvalue weighted by Crippen LogP contribution is 2.30. The molecule has 0 radical (unpaired) electrons. The second-order valence-corrected chi connectivity index (χ2v) is 5.57. The number of nitrogens with one attached hydrogen (secondary N) is 1. The summed E-state index contributed by atoms with van der Waals surface area (Å²) < 4.78 is 0.518. The molecule has 0 aliphatic carbocycles. The first-order valence-electron chi connectivity index (χ1n) is 6.42. The van der Waals surface area contributed by atoms with Crippen molar-refractivity contribution in [2.24, 2.45) is 0 Å². The number of halogens is 1. The van der Waals surface area contributed by atoms with E-state index in [0.29, 0.717) is 11.0 Å². The number of nitrogens with zero attached hydrogens (tertiary/aromatic N) is 2. The molecule has 5 nitrogen and oxygen atoms in total. The molecule has 21 heavy (non-hydrogen) atoms. The topological polar surface area (TPSA) is 58.4 Å². The van der Waals surface area contributed by atoms with E-state index in [2.05, 4.69) is 21.2 Å². The molecule has 0 atom stereocenters. The maximum absolute atomic E-state index is 10.9. The van der Waals surface area contributed by atoms with Gasteiger partial charge in [0.2, 0.25) is 0 Å². The van der Waals surface area contributed by atoms with Gasteiger partial charge in [-0.15, -0.1) is 0 Å². The van der Waals surface area contributed by atoms with Crippen molar-refractivity contribution in [1.82, 2.24) is 0 Å². The Kier molecular flexibility index (Phi) is 4.80. The minimum Gasteiger partial charge on any atom is -0.379 e. The second-order valence-electron chi connectivity index (χ2n) is 4.77. The summed E-state index contributed by atoms with van der Waals surface area (Å²) in [6.45, 7) is 0.507. The molecule has 0 heterocycles. The molecule has 1 N–H and O–H groups in total. The van der Waals surface area contributed by atoms with Gasteiger partial charge >= 0.3 is 0 Å². The van der Waals surface area contributed by atoms with E-state index in [1.165, 1.54) is 6.07 Å². The predicted molar refractivity (Wildman–Crippen MR) is 88.9 cm³/mol. The summed E-state index contributed by atoms with van der Waals surface area (Å²) in [5.74, 6) is 0. The zero-order valence-electron chi connectivity index (χ0n) is 11.8. The Hall–Kier alpha value is -2.08. The lowest BCUT2D eigenvalue weighted by molar-refractivity contribution is -0.385. The fourth-order valence-electron chi connectivity index (χ4n) is 2.05. The molecule has 0 fully saturated rings. The van der Waals surface area contributed by atoms with Crippen molar-refractivity contribution in [3.8, 4) is 0 Å². The summed E-state index contributed by atoms with van der Waals surface area (Å²) >= 11 is 3.31. The van der Waals surface area contributed by atoms with Crippen LogP contribution in [0.15, 0.2) is 46.9 Å². The molecule has 2 aromatic rings. The second kappa shape index (κ2) is 6.58. The molecule has 0 saturated carbocycles. The van der Waals surface area contributed by atoms with E-state index in [-0.39, 0.29) is 10.6 Å². The number of rotatable bonds is 5. The highest BCUT2D eigenvalue weighted by atomic mass is 79.9.